The third kappa shape index (κ3) is 4.31. The lowest BCUT2D eigenvalue weighted by molar-refractivity contribution is -0.142. The molecule has 0 fully saturated rings. The number of rotatable bonds is 5. The van der Waals surface area contributed by atoms with Crippen LogP contribution in [0.15, 0.2) is 0 Å². The number of aliphatic hydroxyl groups is 1. The summed E-state index contributed by atoms with van der Waals surface area (Å²) in [6, 6.07) is -0.180. The van der Waals surface area contributed by atoms with E-state index in [0.717, 1.165) is 0 Å². The van der Waals surface area contributed by atoms with Crippen LogP contribution in [0.4, 0.5) is 0 Å². The van der Waals surface area contributed by atoms with E-state index in [1.165, 1.54) is 7.11 Å². The molecule has 0 aromatic carbocycles. The van der Waals surface area contributed by atoms with E-state index in [2.05, 4.69) is 10.1 Å². The highest BCUT2D eigenvalue weighted by Crippen LogP contribution is 1.93. The second-order valence-electron chi connectivity index (χ2n) is 2.82. The largest absolute Gasteiger partial charge is 0.468 e. The molecule has 0 heterocycles. The predicted molar refractivity (Wildman–Crippen MR) is 45.8 cm³/mol. The third-order valence-electron chi connectivity index (χ3n) is 1.65. The van der Waals surface area contributed by atoms with Gasteiger partial charge in [0, 0.05) is 12.6 Å². The molecule has 0 aromatic rings. The molecule has 0 saturated heterocycles. The normalized spacial score (nSPS) is 15.3. The van der Waals surface area contributed by atoms with E-state index < -0.39 is 0 Å². The monoisotopic (exact) mass is 175 g/mol. The number of nitrogens with one attached hydrogen (secondary N) is 1. The van der Waals surface area contributed by atoms with Gasteiger partial charge in [0.2, 0.25) is 0 Å². The summed E-state index contributed by atoms with van der Waals surface area (Å²) in [5.41, 5.74) is 0. The van der Waals surface area contributed by atoms with Crippen molar-refractivity contribution in [2.75, 3.05) is 13.7 Å². The van der Waals surface area contributed by atoms with Crippen LogP contribution in [-0.4, -0.2) is 36.9 Å². The molecule has 0 aliphatic heterocycles. The molecule has 0 aromatic heterocycles. The van der Waals surface area contributed by atoms with Gasteiger partial charge in [-0.15, -0.1) is 0 Å². The molecule has 0 radical (unpaired) electrons. The Morgan fingerprint density at radius 2 is 2.17 bits per heavy atom. The number of esters is 1. The van der Waals surface area contributed by atoms with Crippen molar-refractivity contribution >= 4 is 5.97 Å². The van der Waals surface area contributed by atoms with Gasteiger partial charge in [0.1, 0.15) is 6.04 Å². The maximum atomic E-state index is 10.9. The number of aliphatic hydroxyl groups excluding tert-OH is 1. The van der Waals surface area contributed by atoms with Gasteiger partial charge in [-0.3, -0.25) is 4.79 Å². The summed E-state index contributed by atoms with van der Waals surface area (Å²) < 4.78 is 4.53. The molecule has 0 rings (SSSR count). The lowest BCUT2D eigenvalue weighted by Crippen LogP contribution is -2.40. The van der Waals surface area contributed by atoms with Crippen molar-refractivity contribution in [2.45, 2.75) is 32.4 Å². The molecule has 0 aliphatic rings. The van der Waals surface area contributed by atoms with Crippen molar-refractivity contribution in [3.05, 3.63) is 0 Å². The Balaban J connectivity index is 3.67. The molecule has 0 spiro atoms. The standard InChI is InChI=1S/C8H17NO3/c1-6(4-5-10)9-7(2)8(11)12-3/h6-7,9-10H,4-5H2,1-3H3. The molecule has 0 saturated carbocycles. The minimum Gasteiger partial charge on any atom is -0.468 e. The summed E-state index contributed by atoms with van der Waals surface area (Å²) in [7, 11) is 1.36. The highest BCUT2D eigenvalue weighted by Gasteiger charge is 2.14. The Kier molecular flexibility index (Phi) is 5.66. The van der Waals surface area contributed by atoms with E-state index in [0.29, 0.717) is 6.42 Å². The maximum Gasteiger partial charge on any atom is 0.322 e. The first-order valence-electron chi connectivity index (χ1n) is 4.06. The van der Waals surface area contributed by atoms with Gasteiger partial charge >= 0.3 is 5.97 Å². The summed E-state index contributed by atoms with van der Waals surface area (Å²) in [4.78, 5) is 10.9. The lowest BCUT2D eigenvalue weighted by Gasteiger charge is -2.16. The van der Waals surface area contributed by atoms with Gasteiger partial charge in [-0.25, -0.2) is 0 Å². The highest BCUT2D eigenvalue weighted by molar-refractivity contribution is 5.75. The van der Waals surface area contributed by atoms with Crippen LogP contribution >= 0.6 is 0 Å². The molecule has 2 atom stereocenters. The lowest BCUT2D eigenvalue weighted by atomic mass is 10.2. The fourth-order valence-corrected chi connectivity index (χ4v) is 0.949. The minimum atomic E-state index is -0.309. The summed E-state index contributed by atoms with van der Waals surface area (Å²) in [6.45, 7) is 3.78. The first-order chi connectivity index (χ1) is 5.61. The van der Waals surface area contributed by atoms with Gasteiger partial charge in [0.15, 0.2) is 0 Å². The summed E-state index contributed by atoms with van der Waals surface area (Å²) in [5.74, 6) is -0.278. The molecule has 2 unspecified atom stereocenters. The maximum absolute atomic E-state index is 10.9. The second-order valence-corrected chi connectivity index (χ2v) is 2.82. The Bertz CT molecular complexity index is 138. The van der Waals surface area contributed by atoms with E-state index >= 15 is 0 Å². The molecular formula is C8H17NO3. The Morgan fingerprint density at radius 1 is 1.58 bits per heavy atom. The van der Waals surface area contributed by atoms with Crippen LogP contribution in [0.2, 0.25) is 0 Å². The van der Waals surface area contributed by atoms with Gasteiger partial charge in [0.05, 0.1) is 7.11 Å². The average Bonchev–Trinajstić information content (AvgIpc) is 2.03. The van der Waals surface area contributed by atoms with Gasteiger partial charge in [-0.05, 0) is 20.3 Å². The van der Waals surface area contributed by atoms with E-state index in [1.807, 2.05) is 6.92 Å². The van der Waals surface area contributed by atoms with E-state index in [9.17, 15) is 4.79 Å². The fraction of sp³-hybridized carbons (Fsp3) is 0.875. The third-order valence-corrected chi connectivity index (χ3v) is 1.65. The number of hydrogen-bond donors (Lipinski definition) is 2. The molecule has 72 valence electrons. The van der Waals surface area contributed by atoms with Crippen LogP contribution in [0.3, 0.4) is 0 Å². The van der Waals surface area contributed by atoms with Crippen LogP contribution in [0.1, 0.15) is 20.3 Å². The van der Waals surface area contributed by atoms with Crippen molar-refractivity contribution in [1.29, 1.82) is 0 Å². The molecule has 2 N–H and O–H groups in total. The molecule has 0 bridgehead atoms. The Labute approximate surface area is 72.9 Å². The SMILES string of the molecule is COC(=O)C(C)NC(C)CCO. The molecule has 4 heteroatoms. The number of hydrogen-bond acceptors (Lipinski definition) is 4. The first-order valence-corrected chi connectivity index (χ1v) is 4.06. The van der Waals surface area contributed by atoms with Gasteiger partial charge in [-0.1, -0.05) is 0 Å². The summed E-state index contributed by atoms with van der Waals surface area (Å²) >= 11 is 0. The van der Waals surface area contributed by atoms with Gasteiger partial charge < -0.3 is 15.2 Å². The van der Waals surface area contributed by atoms with Gasteiger partial charge in [0.25, 0.3) is 0 Å². The van der Waals surface area contributed by atoms with Crippen LogP contribution in [0, 0.1) is 0 Å². The molecule has 12 heavy (non-hydrogen) atoms. The summed E-state index contributed by atoms with van der Waals surface area (Å²) in [5, 5.41) is 11.6. The van der Waals surface area contributed by atoms with E-state index in [1.54, 1.807) is 6.92 Å². The zero-order chi connectivity index (χ0) is 9.56. The number of carbonyl (C=O) groups is 1. The molecule has 0 amide bonds. The van der Waals surface area contributed by atoms with E-state index in [4.69, 9.17) is 5.11 Å². The van der Waals surface area contributed by atoms with Crippen molar-refractivity contribution in [1.82, 2.24) is 5.32 Å². The highest BCUT2D eigenvalue weighted by atomic mass is 16.5. The predicted octanol–water partition coefficient (Wildman–Crippen LogP) is -0.0916. The van der Waals surface area contributed by atoms with Crippen LogP contribution in [0.25, 0.3) is 0 Å². The molecular weight excluding hydrogens is 158 g/mol. The Hall–Kier alpha value is -0.610. The average molecular weight is 175 g/mol. The molecule has 0 aliphatic carbocycles. The smallest absolute Gasteiger partial charge is 0.322 e. The van der Waals surface area contributed by atoms with Crippen molar-refractivity contribution < 1.29 is 14.6 Å². The van der Waals surface area contributed by atoms with Crippen molar-refractivity contribution in [3.8, 4) is 0 Å². The van der Waals surface area contributed by atoms with Gasteiger partial charge in [-0.2, -0.15) is 0 Å². The Morgan fingerprint density at radius 3 is 2.58 bits per heavy atom. The zero-order valence-electron chi connectivity index (χ0n) is 7.83. The number of carbonyl (C=O) groups excluding carboxylic acids is 1. The first kappa shape index (κ1) is 11.4. The van der Waals surface area contributed by atoms with Crippen molar-refractivity contribution in [2.24, 2.45) is 0 Å². The van der Waals surface area contributed by atoms with Crippen molar-refractivity contribution in [3.63, 3.8) is 0 Å². The van der Waals surface area contributed by atoms with Crippen LogP contribution in [-0.2, 0) is 9.53 Å². The fourth-order valence-electron chi connectivity index (χ4n) is 0.949. The van der Waals surface area contributed by atoms with Crippen LogP contribution in [0.5, 0.6) is 0 Å². The zero-order valence-corrected chi connectivity index (χ0v) is 7.83. The number of ether oxygens (including phenoxy) is 1. The molecule has 4 nitrogen and oxygen atoms in total. The topological polar surface area (TPSA) is 58.6 Å². The minimum absolute atomic E-state index is 0.127. The van der Waals surface area contributed by atoms with E-state index in [-0.39, 0.29) is 24.7 Å². The quantitative estimate of drug-likeness (QED) is 0.573. The number of methoxy groups -OCH3 is 1. The van der Waals surface area contributed by atoms with Crippen LogP contribution < -0.4 is 5.32 Å². The summed E-state index contributed by atoms with van der Waals surface area (Å²) in [6.07, 6.45) is 0.640. The second kappa shape index (κ2) is 5.97.